The molecule has 3 rings (SSSR count). The number of non-ortho nitro benzene ring substituents is 1. The van der Waals surface area contributed by atoms with Gasteiger partial charge in [0.1, 0.15) is 5.82 Å². The quantitative estimate of drug-likeness (QED) is 0.448. The molecule has 0 saturated carbocycles. The minimum Gasteiger partial charge on any atom is -0.376 e. The third kappa shape index (κ3) is 4.58. The molecule has 1 N–H and O–H groups in total. The van der Waals surface area contributed by atoms with Crippen molar-refractivity contribution in [2.45, 2.75) is 37.6 Å². The van der Waals surface area contributed by atoms with E-state index < -0.39 is 4.92 Å². The Balaban J connectivity index is 1.55. The summed E-state index contributed by atoms with van der Waals surface area (Å²) in [6, 6.07) is 5.71. The van der Waals surface area contributed by atoms with Gasteiger partial charge in [0.25, 0.3) is 5.69 Å². The van der Waals surface area contributed by atoms with Crippen LogP contribution in [0.15, 0.2) is 29.4 Å². The van der Waals surface area contributed by atoms with Crippen LogP contribution in [0, 0.1) is 17.0 Å². The lowest BCUT2D eigenvalue weighted by molar-refractivity contribution is -0.384. The minimum absolute atomic E-state index is 0.0184. The van der Waals surface area contributed by atoms with E-state index in [1.807, 2.05) is 11.5 Å². The second-order valence-corrected chi connectivity index (χ2v) is 6.86. The number of anilines is 1. The lowest BCUT2D eigenvalue weighted by Crippen LogP contribution is -2.18. The number of ether oxygens (including phenoxy) is 1. The molecule has 2 heterocycles. The fraction of sp³-hybridized carbons (Fsp3) is 0.438. The van der Waals surface area contributed by atoms with Crippen LogP contribution in [-0.2, 0) is 16.1 Å². The molecule has 0 aliphatic carbocycles. The molecule has 1 amide bonds. The van der Waals surface area contributed by atoms with Gasteiger partial charge in [0.2, 0.25) is 5.91 Å². The highest BCUT2D eigenvalue weighted by atomic mass is 32.2. The zero-order valence-corrected chi connectivity index (χ0v) is 15.1. The molecular weight excluding hydrogens is 358 g/mol. The van der Waals surface area contributed by atoms with Gasteiger partial charge in [-0.25, -0.2) is 0 Å². The number of amides is 1. The molecule has 26 heavy (non-hydrogen) atoms. The summed E-state index contributed by atoms with van der Waals surface area (Å²) >= 11 is 1.30. The van der Waals surface area contributed by atoms with E-state index in [0.29, 0.717) is 17.4 Å². The Kier molecular flexibility index (Phi) is 5.84. The highest BCUT2D eigenvalue weighted by Gasteiger charge is 2.20. The molecule has 0 radical (unpaired) electrons. The number of nitrogens with one attached hydrogen (secondary N) is 1. The number of nitro benzene ring substituents is 1. The van der Waals surface area contributed by atoms with Gasteiger partial charge in [-0.15, -0.1) is 10.2 Å². The van der Waals surface area contributed by atoms with Gasteiger partial charge in [-0.1, -0.05) is 11.8 Å². The van der Waals surface area contributed by atoms with Crippen LogP contribution >= 0.6 is 11.8 Å². The molecule has 0 bridgehead atoms. The van der Waals surface area contributed by atoms with Gasteiger partial charge in [-0.2, -0.15) is 0 Å². The van der Waals surface area contributed by atoms with Crippen LogP contribution < -0.4 is 5.32 Å². The van der Waals surface area contributed by atoms with E-state index in [-0.39, 0.29) is 23.5 Å². The number of thioether (sulfide) groups is 1. The van der Waals surface area contributed by atoms with Gasteiger partial charge in [0.15, 0.2) is 5.16 Å². The Morgan fingerprint density at radius 3 is 2.85 bits per heavy atom. The monoisotopic (exact) mass is 377 g/mol. The summed E-state index contributed by atoms with van der Waals surface area (Å²) in [5.74, 6) is 0.743. The van der Waals surface area contributed by atoms with Crippen molar-refractivity contribution in [3.05, 3.63) is 40.2 Å². The van der Waals surface area contributed by atoms with Crippen molar-refractivity contribution in [3.8, 4) is 0 Å². The summed E-state index contributed by atoms with van der Waals surface area (Å²) in [6.45, 7) is 3.35. The molecule has 2 aromatic rings. The molecule has 138 valence electrons. The van der Waals surface area contributed by atoms with Crippen molar-refractivity contribution >= 4 is 29.0 Å². The molecule has 0 spiro atoms. The average Bonchev–Trinajstić information content (AvgIpc) is 3.25. The van der Waals surface area contributed by atoms with Gasteiger partial charge >= 0.3 is 0 Å². The van der Waals surface area contributed by atoms with Crippen LogP contribution in [0.25, 0.3) is 0 Å². The maximum absolute atomic E-state index is 12.1. The number of nitrogens with zero attached hydrogens (tertiary/aromatic N) is 4. The second kappa shape index (κ2) is 8.28. The van der Waals surface area contributed by atoms with E-state index in [1.165, 1.54) is 36.0 Å². The van der Waals surface area contributed by atoms with Gasteiger partial charge in [0, 0.05) is 24.4 Å². The lowest BCUT2D eigenvalue weighted by atomic mass is 10.2. The standard InChI is InChI=1S/C16H19N5O4S/c1-11-18-19-16(20(11)9-14-3-2-8-25-14)26-10-15(22)17-12-4-6-13(7-5-12)21(23)24/h4-7,14H,2-3,8-10H2,1H3,(H,17,22)/t14-/m0/s1. The smallest absolute Gasteiger partial charge is 0.269 e. The van der Waals surface area contributed by atoms with Gasteiger partial charge in [-0.3, -0.25) is 14.9 Å². The molecule has 10 heteroatoms. The van der Waals surface area contributed by atoms with Gasteiger partial charge in [-0.05, 0) is 31.9 Å². The third-order valence-corrected chi connectivity index (χ3v) is 4.97. The number of nitro groups is 1. The van der Waals surface area contributed by atoms with Crippen LogP contribution in [0.3, 0.4) is 0 Å². The summed E-state index contributed by atoms with van der Waals surface area (Å²) in [6.07, 6.45) is 2.24. The first-order chi connectivity index (χ1) is 12.5. The largest absolute Gasteiger partial charge is 0.376 e. The molecule has 1 aromatic carbocycles. The number of carbonyl (C=O) groups excluding carboxylic acids is 1. The van der Waals surface area contributed by atoms with Crippen LogP contribution in [0.4, 0.5) is 11.4 Å². The first-order valence-electron chi connectivity index (χ1n) is 8.21. The molecule has 0 unspecified atom stereocenters. The number of hydrogen-bond donors (Lipinski definition) is 1. The molecule has 1 atom stereocenters. The minimum atomic E-state index is -0.481. The van der Waals surface area contributed by atoms with Crippen LogP contribution in [-0.4, -0.2) is 44.1 Å². The topological polar surface area (TPSA) is 112 Å². The van der Waals surface area contributed by atoms with E-state index >= 15 is 0 Å². The normalized spacial score (nSPS) is 16.6. The Labute approximate surface area is 154 Å². The number of aromatic nitrogens is 3. The highest BCUT2D eigenvalue weighted by molar-refractivity contribution is 7.99. The Morgan fingerprint density at radius 2 is 2.19 bits per heavy atom. The third-order valence-electron chi connectivity index (χ3n) is 4.01. The van der Waals surface area contributed by atoms with Crippen molar-refractivity contribution in [2.24, 2.45) is 0 Å². The predicted molar refractivity (Wildman–Crippen MR) is 96.2 cm³/mol. The molecule has 1 aliphatic heterocycles. The van der Waals surface area contributed by atoms with E-state index in [2.05, 4.69) is 15.5 Å². The van der Waals surface area contributed by atoms with E-state index in [0.717, 1.165) is 25.3 Å². The van der Waals surface area contributed by atoms with Crippen molar-refractivity contribution in [3.63, 3.8) is 0 Å². The van der Waals surface area contributed by atoms with Gasteiger partial charge < -0.3 is 14.6 Å². The highest BCUT2D eigenvalue weighted by Crippen LogP contribution is 2.22. The number of carbonyl (C=O) groups is 1. The summed E-state index contributed by atoms with van der Waals surface area (Å²) < 4.78 is 7.63. The van der Waals surface area contributed by atoms with Crippen molar-refractivity contribution in [1.82, 2.24) is 14.8 Å². The van der Waals surface area contributed by atoms with Crippen LogP contribution in [0.1, 0.15) is 18.7 Å². The fourth-order valence-electron chi connectivity index (χ4n) is 2.66. The maximum Gasteiger partial charge on any atom is 0.269 e. The van der Waals surface area contributed by atoms with Crippen LogP contribution in [0.5, 0.6) is 0 Å². The summed E-state index contributed by atoms with van der Waals surface area (Å²) in [5, 5.41) is 22.3. The fourth-order valence-corrected chi connectivity index (χ4v) is 3.46. The van der Waals surface area contributed by atoms with Crippen molar-refractivity contribution in [2.75, 3.05) is 17.7 Å². The second-order valence-electron chi connectivity index (χ2n) is 5.92. The number of rotatable bonds is 7. The molecule has 1 aromatic heterocycles. The van der Waals surface area contributed by atoms with Crippen LogP contribution in [0.2, 0.25) is 0 Å². The Hall–Kier alpha value is -2.46. The van der Waals surface area contributed by atoms with Crippen molar-refractivity contribution < 1.29 is 14.5 Å². The zero-order chi connectivity index (χ0) is 18.5. The Morgan fingerprint density at radius 1 is 1.42 bits per heavy atom. The molecule has 1 aliphatic rings. The molecular formula is C16H19N5O4S. The molecule has 1 fully saturated rings. The number of benzene rings is 1. The Bertz CT molecular complexity index is 786. The average molecular weight is 377 g/mol. The number of hydrogen-bond acceptors (Lipinski definition) is 7. The molecule has 9 nitrogen and oxygen atoms in total. The SMILES string of the molecule is Cc1nnc(SCC(=O)Nc2ccc([N+](=O)[O-])cc2)n1C[C@@H]1CCCO1. The van der Waals surface area contributed by atoms with E-state index in [9.17, 15) is 14.9 Å². The first-order valence-corrected chi connectivity index (χ1v) is 9.20. The summed E-state index contributed by atoms with van der Waals surface area (Å²) in [7, 11) is 0. The van der Waals surface area contributed by atoms with E-state index in [1.54, 1.807) is 0 Å². The lowest BCUT2D eigenvalue weighted by Gasteiger charge is -2.13. The maximum atomic E-state index is 12.1. The predicted octanol–water partition coefficient (Wildman–Crippen LogP) is 2.40. The van der Waals surface area contributed by atoms with E-state index in [4.69, 9.17) is 4.74 Å². The zero-order valence-electron chi connectivity index (χ0n) is 14.3. The molecule has 1 saturated heterocycles. The number of aryl methyl sites for hydroxylation is 1. The first kappa shape index (κ1) is 18.3. The van der Waals surface area contributed by atoms with Crippen molar-refractivity contribution in [1.29, 1.82) is 0 Å². The summed E-state index contributed by atoms with van der Waals surface area (Å²) in [5.41, 5.74) is 0.494. The van der Waals surface area contributed by atoms with Gasteiger partial charge in [0.05, 0.1) is 23.3 Å². The summed E-state index contributed by atoms with van der Waals surface area (Å²) in [4.78, 5) is 22.3.